The van der Waals surface area contributed by atoms with E-state index in [0.29, 0.717) is 17.2 Å². The first-order valence-electron chi connectivity index (χ1n) is 10.1. The van der Waals surface area contributed by atoms with Crippen LogP contribution in [0.4, 0.5) is 0 Å². The van der Waals surface area contributed by atoms with Gasteiger partial charge < -0.3 is 19.1 Å². The Labute approximate surface area is 181 Å². The Morgan fingerprint density at radius 1 is 0.935 bits per heavy atom. The van der Waals surface area contributed by atoms with Crippen LogP contribution in [0.3, 0.4) is 0 Å². The molecule has 0 saturated carbocycles. The molecule has 1 unspecified atom stereocenters. The number of rotatable bonds is 5. The fourth-order valence-electron chi connectivity index (χ4n) is 4.15. The smallest absolute Gasteiger partial charge is 0.273 e. The molecule has 7 heteroatoms. The number of nitrogens with zero attached hydrogens (tertiary/aromatic N) is 2. The van der Waals surface area contributed by atoms with E-state index in [-0.39, 0.29) is 11.9 Å². The van der Waals surface area contributed by atoms with Gasteiger partial charge in [-0.05, 0) is 62.7 Å². The number of hydrogen-bond acceptors (Lipinski definition) is 5. The fraction of sp³-hybridized carbons (Fsp3) is 0.333. The molecule has 1 amide bonds. The summed E-state index contributed by atoms with van der Waals surface area (Å²) in [6.07, 6.45) is 0. The summed E-state index contributed by atoms with van der Waals surface area (Å²) in [5, 5.41) is 7.50. The van der Waals surface area contributed by atoms with Gasteiger partial charge in [0.2, 0.25) is 0 Å². The van der Waals surface area contributed by atoms with Crippen molar-refractivity contribution in [3.8, 4) is 28.5 Å². The number of hydrogen-bond donors (Lipinski definition) is 1. The highest BCUT2D eigenvalue weighted by Gasteiger charge is 2.46. The first-order valence-corrected chi connectivity index (χ1v) is 10.1. The molecule has 1 N–H and O–H groups in total. The minimum absolute atomic E-state index is 0.0745. The van der Waals surface area contributed by atoms with Crippen molar-refractivity contribution in [1.82, 2.24) is 15.1 Å². The van der Waals surface area contributed by atoms with E-state index < -0.39 is 5.54 Å². The van der Waals surface area contributed by atoms with Crippen molar-refractivity contribution in [1.29, 1.82) is 0 Å². The number of aromatic nitrogens is 2. The molecule has 7 nitrogen and oxygen atoms in total. The third-order valence-electron chi connectivity index (χ3n) is 5.58. The minimum atomic E-state index is -0.411. The van der Waals surface area contributed by atoms with E-state index >= 15 is 0 Å². The summed E-state index contributed by atoms with van der Waals surface area (Å²) in [4.78, 5) is 15.3. The van der Waals surface area contributed by atoms with Crippen molar-refractivity contribution in [3.63, 3.8) is 0 Å². The summed E-state index contributed by atoms with van der Waals surface area (Å²) in [6, 6.07) is 13.1. The van der Waals surface area contributed by atoms with Gasteiger partial charge in [-0.25, -0.2) is 0 Å². The maximum Gasteiger partial charge on any atom is 0.273 e. The lowest BCUT2D eigenvalue weighted by Crippen LogP contribution is -2.44. The standard InChI is InChI=1S/C24H27N3O4/c1-24(2,3)27-22(15-9-12-17(30-5)18(13-15)31-6)19-20(25-26-21(19)23(27)28)14-7-10-16(29-4)11-8-14/h7-13,22H,1-6H3,(H,25,26). The van der Waals surface area contributed by atoms with Crippen molar-refractivity contribution in [2.45, 2.75) is 32.4 Å². The Hall–Kier alpha value is -3.48. The van der Waals surface area contributed by atoms with Gasteiger partial charge >= 0.3 is 0 Å². The Kier molecular flexibility index (Phi) is 5.13. The van der Waals surface area contributed by atoms with Gasteiger partial charge in [0, 0.05) is 16.7 Å². The van der Waals surface area contributed by atoms with Crippen LogP contribution in [-0.4, -0.2) is 47.9 Å². The van der Waals surface area contributed by atoms with E-state index in [1.807, 2.05) is 68.1 Å². The van der Waals surface area contributed by atoms with E-state index in [1.165, 1.54) is 0 Å². The molecule has 2 aromatic carbocycles. The molecule has 0 spiro atoms. The maximum atomic E-state index is 13.4. The second kappa shape index (κ2) is 7.65. The lowest BCUT2D eigenvalue weighted by atomic mass is 9.93. The highest BCUT2D eigenvalue weighted by Crippen LogP contribution is 2.47. The Morgan fingerprint density at radius 3 is 2.19 bits per heavy atom. The molecule has 3 aromatic rings. The van der Waals surface area contributed by atoms with Crippen molar-refractivity contribution >= 4 is 5.91 Å². The summed E-state index contributed by atoms with van der Waals surface area (Å²) < 4.78 is 16.2. The lowest BCUT2D eigenvalue weighted by Gasteiger charge is -2.38. The number of methoxy groups -OCH3 is 3. The minimum Gasteiger partial charge on any atom is -0.497 e. The van der Waals surface area contributed by atoms with Crippen LogP contribution in [0.5, 0.6) is 17.2 Å². The van der Waals surface area contributed by atoms with Gasteiger partial charge in [-0.15, -0.1) is 0 Å². The first-order chi connectivity index (χ1) is 14.8. The van der Waals surface area contributed by atoms with Crippen LogP contribution in [0.1, 0.15) is 48.4 Å². The Balaban J connectivity index is 1.91. The molecule has 1 aliphatic rings. The van der Waals surface area contributed by atoms with E-state index in [0.717, 1.165) is 28.1 Å². The monoisotopic (exact) mass is 421 g/mol. The number of fused-ring (bicyclic) bond motifs is 1. The molecular weight excluding hydrogens is 394 g/mol. The number of amides is 1. The number of benzene rings is 2. The molecule has 0 radical (unpaired) electrons. The number of carbonyl (C=O) groups excluding carboxylic acids is 1. The molecule has 1 aliphatic heterocycles. The topological polar surface area (TPSA) is 76.7 Å². The zero-order valence-corrected chi connectivity index (χ0v) is 18.6. The van der Waals surface area contributed by atoms with Crippen molar-refractivity contribution < 1.29 is 19.0 Å². The Morgan fingerprint density at radius 2 is 1.61 bits per heavy atom. The molecule has 1 aromatic heterocycles. The van der Waals surface area contributed by atoms with Gasteiger partial charge in [-0.2, -0.15) is 5.10 Å². The van der Waals surface area contributed by atoms with Crippen LogP contribution < -0.4 is 14.2 Å². The zero-order chi connectivity index (χ0) is 22.3. The third kappa shape index (κ3) is 3.40. The van der Waals surface area contributed by atoms with E-state index in [2.05, 4.69) is 10.2 Å². The number of carbonyl (C=O) groups is 1. The van der Waals surface area contributed by atoms with Gasteiger partial charge in [0.1, 0.15) is 11.4 Å². The lowest BCUT2D eigenvalue weighted by molar-refractivity contribution is 0.0545. The van der Waals surface area contributed by atoms with Crippen molar-refractivity contribution in [2.24, 2.45) is 0 Å². The number of ether oxygens (including phenoxy) is 3. The van der Waals surface area contributed by atoms with E-state index in [9.17, 15) is 4.79 Å². The fourth-order valence-corrected chi connectivity index (χ4v) is 4.15. The Bertz CT molecular complexity index is 1110. The van der Waals surface area contributed by atoms with Crippen LogP contribution in [0.2, 0.25) is 0 Å². The molecule has 162 valence electrons. The van der Waals surface area contributed by atoms with Crippen LogP contribution in [0.15, 0.2) is 42.5 Å². The summed E-state index contributed by atoms with van der Waals surface area (Å²) >= 11 is 0. The van der Waals surface area contributed by atoms with Crippen LogP contribution >= 0.6 is 0 Å². The third-order valence-corrected chi connectivity index (χ3v) is 5.58. The largest absolute Gasteiger partial charge is 0.497 e. The molecule has 2 heterocycles. The average Bonchev–Trinajstić information content (AvgIpc) is 3.32. The summed E-state index contributed by atoms with van der Waals surface area (Å²) in [6.45, 7) is 6.10. The van der Waals surface area contributed by atoms with Gasteiger partial charge in [0.05, 0.1) is 33.1 Å². The summed E-state index contributed by atoms with van der Waals surface area (Å²) in [5.41, 5.74) is 3.55. The van der Waals surface area contributed by atoms with Gasteiger partial charge in [-0.3, -0.25) is 9.89 Å². The number of nitrogens with one attached hydrogen (secondary N) is 1. The SMILES string of the molecule is COc1ccc(-c2n[nH]c3c2C(c2ccc(OC)c(OC)c2)N(C(C)(C)C)C3=O)cc1. The molecule has 0 saturated heterocycles. The van der Waals surface area contributed by atoms with Crippen molar-refractivity contribution in [3.05, 3.63) is 59.3 Å². The van der Waals surface area contributed by atoms with Gasteiger partial charge in [0.25, 0.3) is 5.91 Å². The maximum absolute atomic E-state index is 13.4. The summed E-state index contributed by atoms with van der Waals surface area (Å²) in [5.74, 6) is 1.94. The predicted molar refractivity (Wildman–Crippen MR) is 118 cm³/mol. The van der Waals surface area contributed by atoms with Crippen LogP contribution in [0.25, 0.3) is 11.3 Å². The highest BCUT2D eigenvalue weighted by molar-refractivity contribution is 6.00. The number of H-pyrrole nitrogens is 1. The molecule has 0 fully saturated rings. The second-order valence-electron chi connectivity index (χ2n) is 8.45. The highest BCUT2D eigenvalue weighted by atomic mass is 16.5. The molecule has 1 atom stereocenters. The van der Waals surface area contributed by atoms with Crippen LogP contribution in [0, 0.1) is 0 Å². The predicted octanol–water partition coefficient (Wildman–Crippen LogP) is 4.45. The molecular formula is C24H27N3O4. The zero-order valence-electron chi connectivity index (χ0n) is 18.6. The summed E-state index contributed by atoms with van der Waals surface area (Å²) in [7, 11) is 4.84. The molecule has 0 bridgehead atoms. The van der Waals surface area contributed by atoms with Crippen LogP contribution in [-0.2, 0) is 0 Å². The number of aromatic amines is 1. The quantitative estimate of drug-likeness (QED) is 0.659. The van der Waals surface area contributed by atoms with Crippen molar-refractivity contribution in [2.75, 3.05) is 21.3 Å². The van der Waals surface area contributed by atoms with Gasteiger partial charge in [-0.1, -0.05) is 6.07 Å². The second-order valence-corrected chi connectivity index (χ2v) is 8.45. The normalized spacial score (nSPS) is 15.7. The average molecular weight is 421 g/mol. The molecule has 0 aliphatic carbocycles. The first kappa shape index (κ1) is 20.8. The van der Waals surface area contributed by atoms with E-state index in [4.69, 9.17) is 14.2 Å². The van der Waals surface area contributed by atoms with Gasteiger partial charge in [0.15, 0.2) is 11.5 Å². The van der Waals surface area contributed by atoms with E-state index in [1.54, 1.807) is 21.3 Å². The molecule has 4 rings (SSSR count). The molecule has 31 heavy (non-hydrogen) atoms.